The first-order valence-electron chi connectivity index (χ1n) is 12.7. The Morgan fingerprint density at radius 3 is 2.60 bits per heavy atom. The number of aryl methyl sites for hydroxylation is 1. The smallest absolute Gasteiger partial charge is 0.333 e. The molecule has 10 heteroatoms. The van der Waals surface area contributed by atoms with Crippen molar-refractivity contribution in [1.82, 2.24) is 19.4 Å². The molecule has 3 heterocycles. The highest BCUT2D eigenvalue weighted by molar-refractivity contribution is 9.10. The van der Waals surface area contributed by atoms with Crippen LogP contribution in [0.15, 0.2) is 86.5 Å². The van der Waals surface area contributed by atoms with Gasteiger partial charge in [-0.1, -0.05) is 41.9 Å². The zero-order valence-corrected chi connectivity index (χ0v) is 23.8. The van der Waals surface area contributed by atoms with Gasteiger partial charge >= 0.3 is 5.69 Å². The number of nitrogens with one attached hydrogen (secondary N) is 1. The van der Waals surface area contributed by atoms with Crippen molar-refractivity contribution < 1.29 is 14.0 Å². The number of benzene rings is 3. The van der Waals surface area contributed by atoms with E-state index in [0.717, 1.165) is 16.7 Å². The zero-order valence-electron chi connectivity index (χ0n) is 21.5. The van der Waals surface area contributed by atoms with Crippen LogP contribution in [0, 0.1) is 6.92 Å². The van der Waals surface area contributed by atoms with Crippen molar-refractivity contribution in [1.29, 1.82) is 0 Å². The molecule has 2 aromatic heterocycles. The molecule has 3 aromatic carbocycles. The van der Waals surface area contributed by atoms with E-state index in [1.54, 1.807) is 39.8 Å². The molecule has 0 bridgehead atoms. The van der Waals surface area contributed by atoms with Crippen molar-refractivity contribution in [3.63, 3.8) is 0 Å². The molecule has 0 atom stereocenters. The molecular formula is C30H24BrClN4O4. The average Bonchev–Trinajstić information content (AvgIpc) is 3.48. The summed E-state index contributed by atoms with van der Waals surface area (Å²) in [6.45, 7) is 2.79. The Balaban J connectivity index is 1.42. The third-order valence-electron chi connectivity index (χ3n) is 7.03. The second kappa shape index (κ2) is 10.5. The van der Waals surface area contributed by atoms with Crippen molar-refractivity contribution in [3.05, 3.63) is 121 Å². The molecule has 1 N–H and O–H groups in total. The summed E-state index contributed by atoms with van der Waals surface area (Å²) in [5.74, 6) is 0.106. The average molecular weight is 620 g/mol. The molecule has 0 fully saturated rings. The van der Waals surface area contributed by atoms with E-state index >= 15 is 0 Å². The van der Waals surface area contributed by atoms with Crippen LogP contribution < -0.4 is 11.0 Å². The SMILES string of the molecule is Cc1cc2ccc(-n3c(C(=O)NCc4ccccc4)c4n(c3=O)CCN(C(=O)c3ccc(Br)c(Cl)c3)C4)cc2o1. The number of hydrogen-bond donors (Lipinski definition) is 1. The standard InChI is InChI=1S/C30H24BrClN4O4/c1-18-13-20-7-9-22(15-26(20)40-18)36-27(28(37)33-16-19-5-3-2-4-6-19)25-17-34(11-12-35(25)30(36)39)29(38)21-8-10-23(31)24(32)14-21/h2-10,13-15H,11-12,16-17H2,1H3,(H,33,37). The Kier molecular flexibility index (Phi) is 6.85. The molecule has 202 valence electrons. The second-order valence-corrected chi connectivity index (χ2v) is 10.9. The van der Waals surface area contributed by atoms with Gasteiger partial charge in [0.05, 0.1) is 22.9 Å². The van der Waals surface area contributed by atoms with E-state index in [0.29, 0.717) is 38.6 Å². The van der Waals surface area contributed by atoms with Gasteiger partial charge in [0.1, 0.15) is 17.0 Å². The maximum absolute atomic E-state index is 13.8. The molecule has 1 aliphatic rings. The van der Waals surface area contributed by atoms with Crippen molar-refractivity contribution in [3.8, 4) is 5.69 Å². The Labute approximate surface area is 242 Å². The molecule has 0 saturated carbocycles. The molecule has 2 amide bonds. The number of halogens is 2. The molecule has 40 heavy (non-hydrogen) atoms. The maximum Gasteiger partial charge on any atom is 0.333 e. The molecule has 0 radical (unpaired) electrons. The Bertz CT molecular complexity index is 1840. The van der Waals surface area contributed by atoms with Crippen molar-refractivity contribution in [2.24, 2.45) is 0 Å². The van der Waals surface area contributed by atoms with E-state index in [-0.39, 0.29) is 36.9 Å². The highest BCUT2D eigenvalue weighted by Crippen LogP contribution is 2.27. The van der Waals surface area contributed by atoms with E-state index in [4.69, 9.17) is 16.0 Å². The van der Waals surface area contributed by atoms with Gasteiger partial charge in [0, 0.05) is 41.1 Å². The van der Waals surface area contributed by atoms with Gasteiger partial charge in [-0.05, 0) is 64.8 Å². The van der Waals surface area contributed by atoms with E-state index in [1.165, 1.54) is 4.57 Å². The van der Waals surface area contributed by atoms with Gasteiger partial charge in [0.25, 0.3) is 11.8 Å². The van der Waals surface area contributed by atoms with Crippen molar-refractivity contribution >= 4 is 50.3 Å². The first-order valence-corrected chi connectivity index (χ1v) is 13.9. The van der Waals surface area contributed by atoms with Crippen LogP contribution in [0.25, 0.3) is 16.7 Å². The summed E-state index contributed by atoms with van der Waals surface area (Å²) in [7, 11) is 0. The Morgan fingerprint density at radius 1 is 1.02 bits per heavy atom. The lowest BCUT2D eigenvalue weighted by atomic mass is 10.1. The van der Waals surface area contributed by atoms with Crippen LogP contribution in [-0.2, 0) is 19.6 Å². The Morgan fingerprint density at radius 2 is 1.82 bits per heavy atom. The summed E-state index contributed by atoms with van der Waals surface area (Å²) in [4.78, 5) is 42.6. The summed E-state index contributed by atoms with van der Waals surface area (Å²) in [6, 6.07) is 21.9. The number of rotatable bonds is 5. The third-order valence-corrected chi connectivity index (χ3v) is 8.26. The molecule has 0 unspecified atom stereocenters. The number of carbonyl (C=O) groups excluding carboxylic acids is 2. The molecule has 1 aliphatic heterocycles. The first kappa shape index (κ1) is 26.2. The van der Waals surface area contributed by atoms with Gasteiger partial charge in [-0.15, -0.1) is 0 Å². The number of fused-ring (bicyclic) bond motifs is 2. The van der Waals surface area contributed by atoms with Gasteiger partial charge in [-0.3, -0.25) is 18.7 Å². The quantitative estimate of drug-likeness (QED) is 0.274. The monoisotopic (exact) mass is 618 g/mol. The van der Waals surface area contributed by atoms with Gasteiger partial charge < -0.3 is 14.6 Å². The zero-order chi connectivity index (χ0) is 28.0. The molecule has 8 nitrogen and oxygen atoms in total. The number of imidazole rings is 1. The number of amides is 2. The fourth-order valence-electron chi connectivity index (χ4n) is 5.07. The van der Waals surface area contributed by atoms with Crippen LogP contribution in [0.3, 0.4) is 0 Å². The van der Waals surface area contributed by atoms with Crippen LogP contribution in [0.5, 0.6) is 0 Å². The summed E-state index contributed by atoms with van der Waals surface area (Å²) < 4.78 is 9.49. The van der Waals surface area contributed by atoms with Gasteiger partial charge in [0.15, 0.2) is 0 Å². The van der Waals surface area contributed by atoms with E-state index in [2.05, 4.69) is 21.2 Å². The molecule has 5 aromatic rings. The van der Waals surface area contributed by atoms with Crippen LogP contribution in [0.4, 0.5) is 0 Å². The number of nitrogens with zero attached hydrogens (tertiary/aromatic N) is 3. The number of aromatic nitrogens is 2. The predicted molar refractivity (Wildman–Crippen MR) is 156 cm³/mol. The lowest BCUT2D eigenvalue weighted by Gasteiger charge is -2.28. The third kappa shape index (κ3) is 4.76. The highest BCUT2D eigenvalue weighted by atomic mass is 79.9. The van der Waals surface area contributed by atoms with Crippen molar-refractivity contribution in [2.45, 2.75) is 26.6 Å². The fourth-order valence-corrected chi connectivity index (χ4v) is 5.50. The predicted octanol–water partition coefficient (Wildman–Crippen LogP) is 5.70. The summed E-state index contributed by atoms with van der Waals surface area (Å²) >= 11 is 9.59. The van der Waals surface area contributed by atoms with E-state index in [1.807, 2.05) is 49.4 Å². The number of furan rings is 1. The summed E-state index contributed by atoms with van der Waals surface area (Å²) in [6.07, 6.45) is 0. The van der Waals surface area contributed by atoms with Crippen molar-refractivity contribution in [2.75, 3.05) is 6.54 Å². The largest absolute Gasteiger partial charge is 0.461 e. The lowest BCUT2D eigenvalue weighted by molar-refractivity contribution is 0.0706. The molecule has 0 spiro atoms. The molecule has 6 rings (SSSR count). The maximum atomic E-state index is 13.8. The summed E-state index contributed by atoms with van der Waals surface area (Å²) in [5, 5.41) is 4.29. The normalized spacial score (nSPS) is 12.9. The minimum absolute atomic E-state index is 0.0882. The van der Waals surface area contributed by atoms with Crippen LogP contribution in [0.1, 0.15) is 37.9 Å². The van der Waals surface area contributed by atoms with E-state index in [9.17, 15) is 14.4 Å². The topological polar surface area (TPSA) is 89.5 Å². The van der Waals surface area contributed by atoms with Gasteiger partial charge in [0.2, 0.25) is 0 Å². The van der Waals surface area contributed by atoms with Crippen LogP contribution >= 0.6 is 27.5 Å². The second-order valence-electron chi connectivity index (χ2n) is 9.67. The van der Waals surface area contributed by atoms with Gasteiger partial charge in [-0.2, -0.15) is 0 Å². The van der Waals surface area contributed by atoms with Crippen LogP contribution in [0.2, 0.25) is 5.02 Å². The summed E-state index contributed by atoms with van der Waals surface area (Å²) in [5.41, 5.74) is 2.79. The molecule has 0 saturated heterocycles. The Hall–Kier alpha value is -4.08. The minimum Gasteiger partial charge on any atom is -0.461 e. The van der Waals surface area contributed by atoms with Crippen LogP contribution in [-0.4, -0.2) is 32.4 Å². The molecular weight excluding hydrogens is 596 g/mol. The van der Waals surface area contributed by atoms with E-state index < -0.39 is 5.91 Å². The van der Waals surface area contributed by atoms with Gasteiger partial charge in [-0.25, -0.2) is 4.79 Å². The first-order chi connectivity index (χ1) is 19.3. The number of hydrogen-bond acceptors (Lipinski definition) is 4. The minimum atomic E-state index is -0.411. The fraction of sp³-hybridized carbons (Fsp3) is 0.167. The molecule has 0 aliphatic carbocycles. The highest BCUT2D eigenvalue weighted by Gasteiger charge is 2.32. The number of carbonyl (C=O) groups is 2. The lowest BCUT2D eigenvalue weighted by Crippen LogP contribution is -2.41.